The van der Waals surface area contributed by atoms with Gasteiger partial charge in [-0.2, -0.15) is 4.31 Å². The topological polar surface area (TPSA) is 89.4 Å². The second-order valence-electron chi connectivity index (χ2n) is 4.56. The van der Waals surface area contributed by atoms with Crippen LogP contribution in [0.4, 0.5) is 5.82 Å². The third kappa shape index (κ3) is 2.41. The highest BCUT2D eigenvalue weighted by molar-refractivity contribution is 7.89. The van der Waals surface area contributed by atoms with E-state index in [2.05, 4.69) is 5.16 Å². The molecule has 0 bridgehead atoms. The third-order valence-corrected chi connectivity index (χ3v) is 5.38. The Hall–Kier alpha value is -1.86. The molecule has 1 aromatic carbocycles. The van der Waals surface area contributed by atoms with E-state index in [0.717, 1.165) is 5.56 Å². The maximum Gasteiger partial charge on any atom is 0.250 e. The lowest BCUT2D eigenvalue weighted by Gasteiger charge is -2.24. The summed E-state index contributed by atoms with van der Waals surface area (Å²) in [6.07, 6.45) is 0. The standard InChI is InChI=1S/C13H17N3O3S/c1-9(11-7-5-4-6-8-11)16(3)20(17,18)12-10(2)19-15-13(12)14/h4-9H,1-3H3,(H2,14,15). The van der Waals surface area contributed by atoms with Gasteiger partial charge in [-0.05, 0) is 19.4 Å². The molecular formula is C13H17N3O3S. The summed E-state index contributed by atoms with van der Waals surface area (Å²) in [5, 5.41) is 3.49. The van der Waals surface area contributed by atoms with Crippen LogP contribution in [0.3, 0.4) is 0 Å². The number of sulfonamides is 1. The fourth-order valence-corrected chi connectivity index (χ4v) is 3.52. The zero-order chi connectivity index (χ0) is 14.9. The van der Waals surface area contributed by atoms with Crippen molar-refractivity contribution in [3.05, 3.63) is 41.7 Å². The molecule has 0 saturated carbocycles. The third-order valence-electron chi connectivity index (χ3n) is 3.30. The predicted molar refractivity (Wildman–Crippen MR) is 75.5 cm³/mol. The molecule has 2 rings (SSSR count). The van der Waals surface area contributed by atoms with Crippen LogP contribution in [0, 0.1) is 6.92 Å². The van der Waals surface area contributed by atoms with Crippen molar-refractivity contribution in [3.63, 3.8) is 0 Å². The molecule has 0 saturated heterocycles. The number of hydrogen-bond acceptors (Lipinski definition) is 5. The molecule has 108 valence electrons. The summed E-state index contributed by atoms with van der Waals surface area (Å²) in [4.78, 5) is -0.0669. The maximum atomic E-state index is 12.6. The number of aromatic nitrogens is 1. The largest absolute Gasteiger partial charge is 0.380 e. The van der Waals surface area contributed by atoms with Crippen LogP contribution in [0.1, 0.15) is 24.3 Å². The van der Waals surface area contributed by atoms with Crippen LogP contribution in [-0.4, -0.2) is 24.9 Å². The van der Waals surface area contributed by atoms with Gasteiger partial charge in [0.05, 0.1) is 0 Å². The lowest BCUT2D eigenvalue weighted by atomic mass is 10.1. The average molecular weight is 295 g/mol. The van der Waals surface area contributed by atoms with Gasteiger partial charge < -0.3 is 10.3 Å². The van der Waals surface area contributed by atoms with Crippen LogP contribution in [-0.2, 0) is 10.0 Å². The average Bonchev–Trinajstić information content (AvgIpc) is 2.78. The van der Waals surface area contributed by atoms with Gasteiger partial charge in [-0.1, -0.05) is 35.5 Å². The summed E-state index contributed by atoms with van der Waals surface area (Å²) < 4.78 is 31.3. The molecule has 2 aromatic rings. The molecule has 7 heteroatoms. The number of anilines is 1. The second-order valence-corrected chi connectivity index (χ2v) is 6.50. The van der Waals surface area contributed by atoms with E-state index in [1.807, 2.05) is 37.3 Å². The normalized spacial score (nSPS) is 13.6. The molecule has 0 fully saturated rings. The Bertz CT molecular complexity index is 675. The van der Waals surface area contributed by atoms with E-state index in [0.29, 0.717) is 0 Å². The van der Waals surface area contributed by atoms with Crippen LogP contribution < -0.4 is 5.73 Å². The summed E-state index contributed by atoms with van der Waals surface area (Å²) in [5.74, 6) is 0.0734. The first kappa shape index (κ1) is 14.5. The van der Waals surface area contributed by atoms with Crippen molar-refractivity contribution in [1.29, 1.82) is 0 Å². The predicted octanol–water partition coefficient (Wildman–Crippen LogP) is 1.95. The Balaban J connectivity index is 2.40. The molecule has 1 aromatic heterocycles. The lowest BCUT2D eigenvalue weighted by molar-refractivity contribution is 0.386. The molecule has 1 atom stereocenters. The Morgan fingerprint density at radius 3 is 2.40 bits per heavy atom. The van der Waals surface area contributed by atoms with Crippen molar-refractivity contribution >= 4 is 15.8 Å². The molecule has 20 heavy (non-hydrogen) atoms. The maximum absolute atomic E-state index is 12.6. The summed E-state index contributed by atoms with van der Waals surface area (Å²) in [5.41, 5.74) is 6.49. The molecule has 0 aliphatic carbocycles. The van der Waals surface area contributed by atoms with Crippen molar-refractivity contribution in [2.75, 3.05) is 12.8 Å². The molecular weight excluding hydrogens is 278 g/mol. The van der Waals surface area contributed by atoms with Crippen molar-refractivity contribution in [2.24, 2.45) is 0 Å². The zero-order valence-electron chi connectivity index (χ0n) is 11.6. The number of rotatable bonds is 4. The monoisotopic (exact) mass is 295 g/mol. The van der Waals surface area contributed by atoms with Crippen molar-refractivity contribution in [2.45, 2.75) is 24.8 Å². The van der Waals surface area contributed by atoms with Crippen molar-refractivity contribution in [1.82, 2.24) is 9.46 Å². The minimum atomic E-state index is -3.75. The van der Waals surface area contributed by atoms with Gasteiger partial charge in [0.1, 0.15) is 0 Å². The first-order chi connectivity index (χ1) is 9.35. The second kappa shape index (κ2) is 5.26. The number of hydrogen-bond donors (Lipinski definition) is 1. The molecule has 0 radical (unpaired) electrons. The quantitative estimate of drug-likeness (QED) is 0.931. The van der Waals surface area contributed by atoms with E-state index in [9.17, 15) is 8.42 Å². The summed E-state index contributed by atoms with van der Waals surface area (Å²) >= 11 is 0. The smallest absolute Gasteiger partial charge is 0.250 e. The fourth-order valence-electron chi connectivity index (χ4n) is 1.99. The highest BCUT2D eigenvalue weighted by Crippen LogP contribution is 2.30. The first-order valence-electron chi connectivity index (χ1n) is 6.10. The molecule has 0 amide bonds. The van der Waals surface area contributed by atoms with E-state index in [1.54, 1.807) is 0 Å². The number of benzene rings is 1. The Morgan fingerprint density at radius 1 is 1.30 bits per heavy atom. The molecule has 2 N–H and O–H groups in total. The number of nitrogen functional groups attached to an aromatic ring is 1. The molecule has 1 unspecified atom stereocenters. The molecule has 6 nitrogen and oxygen atoms in total. The number of nitrogens with zero attached hydrogens (tertiary/aromatic N) is 2. The minimum absolute atomic E-state index is 0.0669. The highest BCUT2D eigenvalue weighted by Gasteiger charge is 2.32. The van der Waals surface area contributed by atoms with Gasteiger partial charge >= 0.3 is 0 Å². The van der Waals surface area contributed by atoms with E-state index in [4.69, 9.17) is 10.3 Å². The van der Waals surface area contributed by atoms with Gasteiger partial charge in [-0.15, -0.1) is 0 Å². The van der Waals surface area contributed by atoms with E-state index >= 15 is 0 Å². The summed E-state index contributed by atoms with van der Waals surface area (Å²) in [6, 6.07) is 9.04. The van der Waals surface area contributed by atoms with Gasteiger partial charge in [0, 0.05) is 13.1 Å². The lowest BCUT2D eigenvalue weighted by Crippen LogP contribution is -2.30. The van der Waals surface area contributed by atoms with Gasteiger partial charge in [-0.25, -0.2) is 8.42 Å². The molecule has 0 aliphatic rings. The Kier molecular flexibility index (Phi) is 3.82. The van der Waals surface area contributed by atoms with Gasteiger partial charge in [0.15, 0.2) is 16.5 Å². The van der Waals surface area contributed by atoms with Crippen molar-refractivity contribution < 1.29 is 12.9 Å². The SMILES string of the molecule is Cc1onc(N)c1S(=O)(=O)N(C)C(C)c1ccccc1. The highest BCUT2D eigenvalue weighted by atomic mass is 32.2. The number of nitrogens with two attached hydrogens (primary N) is 1. The Labute approximate surface area is 118 Å². The fraction of sp³-hybridized carbons (Fsp3) is 0.308. The van der Waals surface area contributed by atoms with Crippen molar-refractivity contribution in [3.8, 4) is 0 Å². The van der Waals surface area contributed by atoms with Crippen LogP contribution in [0.25, 0.3) is 0 Å². The van der Waals surface area contributed by atoms with E-state index in [-0.39, 0.29) is 22.5 Å². The molecule has 0 aliphatic heterocycles. The van der Waals surface area contributed by atoms with Crippen LogP contribution in [0.5, 0.6) is 0 Å². The van der Waals surface area contributed by atoms with Crippen LogP contribution in [0.2, 0.25) is 0 Å². The van der Waals surface area contributed by atoms with E-state index < -0.39 is 10.0 Å². The Morgan fingerprint density at radius 2 is 1.90 bits per heavy atom. The first-order valence-corrected chi connectivity index (χ1v) is 7.54. The van der Waals surface area contributed by atoms with Crippen LogP contribution >= 0.6 is 0 Å². The summed E-state index contributed by atoms with van der Waals surface area (Å²) in [7, 11) is -2.24. The molecule has 1 heterocycles. The van der Waals surface area contributed by atoms with Gasteiger partial charge in [0.2, 0.25) is 0 Å². The molecule has 0 spiro atoms. The van der Waals surface area contributed by atoms with Gasteiger partial charge in [-0.3, -0.25) is 0 Å². The summed E-state index contributed by atoms with van der Waals surface area (Å²) in [6.45, 7) is 3.34. The zero-order valence-corrected chi connectivity index (χ0v) is 12.4. The van der Waals surface area contributed by atoms with E-state index in [1.165, 1.54) is 18.3 Å². The van der Waals surface area contributed by atoms with Crippen LogP contribution in [0.15, 0.2) is 39.8 Å². The minimum Gasteiger partial charge on any atom is -0.380 e. The number of aryl methyl sites for hydroxylation is 1. The van der Waals surface area contributed by atoms with Gasteiger partial charge in [0.25, 0.3) is 10.0 Å².